The number of aliphatic hydroxyl groups excluding tert-OH is 1. The molecule has 0 radical (unpaired) electrons. The molecule has 104 valence electrons. The minimum atomic E-state index is -0.176. The summed E-state index contributed by atoms with van der Waals surface area (Å²) in [6.45, 7) is 3.92. The molecule has 0 aromatic carbocycles. The van der Waals surface area contributed by atoms with E-state index in [0.29, 0.717) is 0 Å². The lowest BCUT2D eigenvalue weighted by Crippen LogP contribution is -2.48. The molecule has 1 amide bonds. The number of carbonyl (C=O) groups excluding carboxylic acids is 1. The SMILES string of the molecule is CCCC1(C(=O)NC2CCC(O)CC2)CCNC1. The minimum absolute atomic E-state index is 0.157. The van der Waals surface area contributed by atoms with E-state index < -0.39 is 0 Å². The summed E-state index contributed by atoms with van der Waals surface area (Å²) in [6.07, 6.45) is 6.32. The molecule has 3 N–H and O–H groups in total. The van der Waals surface area contributed by atoms with E-state index in [9.17, 15) is 9.90 Å². The number of hydrogen-bond acceptors (Lipinski definition) is 3. The van der Waals surface area contributed by atoms with Crippen LogP contribution in [-0.4, -0.2) is 36.2 Å². The third kappa shape index (κ3) is 3.04. The zero-order chi connectivity index (χ0) is 13.0. The molecule has 1 atom stereocenters. The van der Waals surface area contributed by atoms with Crippen LogP contribution in [0.15, 0.2) is 0 Å². The number of hydrogen-bond donors (Lipinski definition) is 3. The van der Waals surface area contributed by atoms with Gasteiger partial charge in [0.05, 0.1) is 11.5 Å². The maximum absolute atomic E-state index is 12.5. The van der Waals surface area contributed by atoms with Gasteiger partial charge in [-0.1, -0.05) is 13.3 Å². The van der Waals surface area contributed by atoms with Gasteiger partial charge in [0, 0.05) is 12.6 Å². The number of carbonyl (C=O) groups is 1. The van der Waals surface area contributed by atoms with Crippen LogP contribution < -0.4 is 10.6 Å². The van der Waals surface area contributed by atoms with Crippen LogP contribution in [-0.2, 0) is 4.79 Å². The summed E-state index contributed by atoms with van der Waals surface area (Å²) in [5.41, 5.74) is -0.176. The van der Waals surface area contributed by atoms with Gasteiger partial charge < -0.3 is 15.7 Å². The average molecular weight is 254 g/mol. The van der Waals surface area contributed by atoms with Crippen molar-refractivity contribution in [1.29, 1.82) is 0 Å². The Kier molecular flexibility index (Phi) is 4.62. The van der Waals surface area contributed by atoms with Gasteiger partial charge in [-0.3, -0.25) is 4.79 Å². The second-order valence-electron chi connectivity index (χ2n) is 5.94. The van der Waals surface area contributed by atoms with Crippen molar-refractivity contribution >= 4 is 5.91 Å². The van der Waals surface area contributed by atoms with Gasteiger partial charge in [0.2, 0.25) is 5.91 Å². The van der Waals surface area contributed by atoms with E-state index in [2.05, 4.69) is 17.6 Å². The summed E-state index contributed by atoms with van der Waals surface area (Å²) >= 11 is 0. The molecule has 1 aliphatic heterocycles. The molecule has 0 aromatic heterocycles. The largest absolute Gasteiger partial charge is 0.393 e. The second kappa shape index (κ2) is 6.02. The van der Waals surface area contributed by atoms with Crippen molar-refractivity contribution in [3.63, 3.8) is 0 Å². The summed E-state index contributed by atoms with van der Waals surface area (Å²) in [5.74, 6) is 0.232. The van der Waals surface area contributed by atoms with Crippen LogP contribution in [0.5, 0.6) is 0 Å². The van der Waals surface area contributed by atoms with Crippen molar-refractivity contribution in [2.24, 2.45) is 5.41 Å². The van der Waals surface area contributed by atoms with Gasteiger partial charge in [-0.15, -0.1) is 0 Å². The van der Waals surface area contributed by atoms with E-state index in [-0.39, 0.29) is 23.5 Å². The molecular weight excluding hydrogens is 228 g/mol. The fourth-order valence-corrected chi connectivity index (χ4v) is 3.30. The molecule has 4 nitrogen and oxygen atoms in total. The summed E-state index contributed by atoms with van der Waals surface area (Å²) < 4.78 is 0. The first-order chi connectivity index (χ1) is 8.66. The normalized spacial score (nSPS) is 36.6. The Morgan fingerprint density at radius 1 is 1.39 bits per heavy atom. The number of aliphatic hydroxyl groups is 1. The Labute approximate surface area is 110 Å². The molecule has 2 aliphatic rings. The van der Waals surface area contributed by atoms with Crippen molar-refractivity contribution in [2.75, 3.05) is 13.1 Å². The molecule has 2 rings (SSSR count). The molecule has 18 heavy (non-hydrogen) atoms. The van der Waals surface area contributed by atoms with Gasteiger partial charge in [-0.25, -0.2) is 0 Å². The van der Waals surface area contributed by atoms with Crippen LogP contribution in [0.4, 0.5) is 0 Å². The van der Waals surface area contributed by atoms with Crippen LogP contribution in [0.25, 0.3) is 0 Å². The molecule has 0 spiro atoms. The van der Waals surface area contributed by atoms with Crippen molar-refractivity contribution < 1.29 is 9.90 Å². The lowest BCUT2D eigenvalue weighted by atomic mass is 9.81. The van der Waals surface area contributed by atoms with Crippen LogP contribution >= 0.6 is 0 Å². The number of nitrogens with one attached hydrogen (secondary N) is 2. The zero-order valence-corrected chi connectivity index (χ0v) is 11.4. The standard InChI is InChI=1S/C14H26N2O2/c1-2-7-14(8-9-15-10-14)13(18)16-11-3-5-12(17)6-4-11/h11-12,15,17H,2-10H2,1H3,(H,16,18). The molecule has 1 unspecified atom stereocenters. The molecule has 1 saturated heterocycles. The second-order valence-corrected chi connectivity index (χ2v) is 5.94. The summed E-state index contributed by atoms with van der Waals surface area (Å²) in [7, 11) is 0. The van der Waals surface area contributed by atoms with Crippen LogP contribution in [0, 0.1) is 5.41 Å². The maximum Gasteiger partial charge on any atom is 0.227 e. The highest BCUT2D eigenvalue weighted by Crippen LogP contribution is 2.32. The first-order valence-corrected chi connectivity index (χ1v) is 7.36. The molecule has 0 bridgehead atoms. The van der Waals surface area contributed by atoms with E-state index in [1.807, 2.05) is 0 Å². The van der Waals surface area contributed by atoms with Gasteiger partial charge in [0.25, 0.3) is 0 Å². The monoisotopic (exact) mass is 254 g/mol. The van der Waals surface area contributed by atoms with E-state index >= 15 is 0 Å². The van der Waals surface area contributed by atoms with Gasteiger partial charge in [0.15, 0.2) is 0 Å². The third-order valence-corrected chi connectivity index (χ3v) is 4.49. The van der Waals surface area contributed by atoms with Gasteiger partial charge in [-0.2, -0.15) is 0 Å². The van der Waals surface area contributed by atoms with Crippen molar-refractivity contribution in [3.05, 3.63) is 0 Å². The topological polar surface area (TPSA) is 61.4 Å². The molecule has 1 saturated carbocycles. The van der Waals surface area contributed by atoms with E-state index in [0.717, 1.165) is 58.0 Å². The zero-order valence-electron chi connectivity index (χ0n) is 11.4. The molecule has 4 heteroatoms. The predicted molar refractivity (Wildman–Crippen MR) is 71.2 cm³/mol. The quantitative estimate of drug-likeness (QED) is 0.706. The Balaban J connectivity index is 1.89. The van der Waals surface area contributed by atoms with E-state index in [1.54, 1.807) is 0 Å². The Morgan fingerprint density at radius 2 is 2.11 bits per heavy atom. The molecule has 1 heterocycles. The highest BCUT2D eigenvalue weighted by Gasteiger charge is 2.41. The summed E-state index contributed by atoms with van der Waals surface area (Å²) in [5, 5.41) is 16.0. The predicted octanol–water partition coefficient (Wildman–Crippen LogP) is 1.19. The third-order valence-electron chi connectivity index (χ3n) is 4.49. The fraction of sp³-hybridized carbons (Fsp3) is 0.929. The van der Waals surface area contributed by atoms with Crippen LogP contribution in [0.2, 0.25) is 0 Å². The molecule has 2 fully saturated rings. The number of amides is 1. The van der Waals surface area contributed by atoms with Gasteiger partial charge in [-0.05, 0) is 45.1 Å². The lowest BCUT2D eigenvalue weighted by Gasteiger charge is -2.32. The van der Waals surface area contributed by atoms with E-state index in [1.165, 1.54) is 0 Å². The molecule has 0 aromatic rings. The smallest absolute Gasteiger partial charge is 0.227 e. The lowest BCUT2D eigenvalue weighted by molar-refractivity contribution is -0.131. The first kappa shape index (κ1) is 13.8. The fourth-order valence-electron chi connectivity index (χ4n) is 3.30. The average Bonchev–Trinajstić information content (AvgIpc) is 2.82. The van der Waals surface area contributed by atoms with E-state index in [4.69, 9.17) is 0 Å². The first-order valence-electron chi connectivity index (χ1n) is 7.36. The summed E-state index contributed by atoms with van der Waals surface area (Å²) in [6, 6.07) is 0.273. The highest BCUT2D eigenvalue weighted by atomic mass is 16.3. The Morgan fingerprint density at radius 3 is 2.67 bits per heavy atom. The summed E-state index contributed by atoms with van der Waals surface area (Å²) in [4.78, 5) is 12.5. The van der Waals surface area contributed by atoms with Crippen molar-refractivity contribution in [3.8, 4) is 0 Å². The Hall–Kier alpha value is -0.610. The molecular formula is C14H26N2O2. The number of rotatable bonds is 4. The van der Waals surface area contributed by atoms with Crippen LogP contribution in [0.3, 0.4) is 0 Å². The maximum atomic E-state index is 12.5. The minimum Gasteiger partial charge on any atom is -0.393 e. The van der Waals surface area contributed by atoms with Gasteiger partial charge in [0.1, 0.15) is 0 Å². The van der Waals surface area contributed by atoms with Crippen molar-refractivity contribution in [1.82, 2.24) is 10.6 Å². The van der Waals surface area contributed by atoms with Gasteiger partial charge >= 0.3 is 0 Å². The highest BCUT2D eigenvalue weighted by molar-refractivity contribution is 5.83. The Bertz CT molecular complexity index is 280. The van der Waals surface area contributed by atoms with Crippen molar-refractivity contribution in [2.45, 2.75) is 64.0 Å². The van der Waals surface area contributed by atoms with Crippen LogP contribution in [0.1, 0.15) is 51.9 Å². The molecule has 1 aliphatic carbocycles.